The van der Waals surface area contributed by atoms with E-state index in [1.54, 1.807) is 7.11 Å². The standard InChI is InChI=1S/C10H15F2N3O2/c1-16-4-5-17-3-2-14-10-8(12)6-7(11)9(13)15-10/h6H,2-5H2,1H3,(H3,13,14,15). The molecule has 0 amide bonds. The maximum atomic E-state index is 13.2. The third-order valence-electron chi connectivity index (χ3n) is 1.93. The fraction of sp³-hybridized carbons (Fsp3) is 0.500. The first-order valence-corrected chi connectivity index (χ1v) is 5.07. The van der Waals surface area contributed by atoms with Crippen LogP contribution in [0.4, 0.5) is 20.4 Å². The number of nitrogens with one attached hydrogen (secondary N) is 1. The number of nitrogens with two attached hydrogens (primary N) is 1. The lowest BCUT2D eigenvalue weighted by molar-refractivity contribution is 0.0759. The van der Waals surface area contributed by atoms with E-state index < -0.39 is 11.6 Å². The molecule has 96 valence electrons. The molecule has 5 nitrogen and oxygen atoms in total. The van der Waals surface area contributed by atoms with Gasteiger partial charge in [-0.2, -0.15) is 0 Å². The lowest BCUT2D eigenvalue weighted by atomic mass is 10.4. The van der Waals surface area contributed by atoms with Gasteiger partial charge in [0.1, 0.15) is 0 Å². The van der Waals surface area contributed by atoms with E-state index in [2.05, 4.69) is 10.3 Å². The minimum absolute atomic E-state index is 0.0840. The Morgan fingerprint density at radius 1 is 1.29 bits per heavy atom. The molecule has 0 radical (unpaired) electrons. The highest BCUT2D eigenvalue weighted by Crippen LogP contribution is 2.15. The summed E-state index contributed by atoms with van der Waals surface area (Å²) in [6.45, 7) is 1.66. The molecule has 0 aliphatic carbocycles. The SMILES string of the molecule is COCCOCCNc1nc(N)c(F)cc1F. The van der Waals surface area contributed by atoms with Crippen LogP contribution in [0.1, 0.15) is 0 Å². The summed E-state index contributed by atoms with van der Waals surface area (Å²) in [5, 5.41) is 2.66. The topological polar surface area (TPSA) is 69.4 Å². The van der Waals surface area contributed by atoms with Gasteiger partial charge in [-0.1, -0.05) is 0 Å². The number of nitrogen functional groups attached to an aromatic ring is 1. The Bertz CT molecular complexity index is 364. The van der Waals surface area contributed by atoms with Gasteiger partial charge >= 0.3 is 0 Å². The van der Waals surface area contributed by atoms with E-state index in [0.29, 0.717) is 32.4 Å². The maximum absolute atomic E-state index is 13.2. The zero-order valence-corrected chi connectivity index (χ0v) is 9.50. The number of anilines is 2. The molecule has 0 saturated carbocycles. The molecule has 1 aromatic rings. The molecule has 0 spiro atoms. The fourth-order valence-electron chi connectivity index (χ4n) is 1.09. The highest BCUT2D eigenvalue weighted by atomic mass is 19.1. The zero-order chi connectivity index (χ0) is 12.7. The van der Waals surface area contributed by atoms with Crippen molar-refractivity contribution in [3.05, 3.63) is 17.7 Å². The molecule has 1 rings (SSSR count). The smallest absolute Gasteiger partial charge is 0.168 e. The van der Waals surface area contributed by atoms with Crippen molar-refractivity contribution in [3.63, 3.8) is 0 Å². The third-order valence-corrected chi connectivity index (χ3v) is 1.93. The van der Waals surface area contributed by atoms with Crippen LogP contribution in [0.3, 0.4) is 0 Å². The van der Waals surface area contributed by atoms with E-state index in [-0.39, 0.29) is 11.6 Å². The van der Waals surface area contributed by atoms with E-state index >= 15 is 0 Å². The molecular formula is C10H15F2N3O2. The van der Waals surface area contributed by atoms with Gasteiger partial charge in [0.2, 0.25) is 0 Å². The number of pyridine rings is 1. The number of hydrogen-bond donors (Lipinski definition) is 2. The molecule has 0 aliphatic rings. The Morgan fingerprint density at radius 3 is 2.76 bits per heavy atom. The highest BCUT2D eigenvalue weighted by molar-refractivity contribution is 5.44. The van der Waals surface area contributed by atoms with Gasteiger partial charge in [0.05, 0.1) is 19.8 Å². The third kappa shape index (κ3) is 4.49. The largest absolute Gasteiger partial charge is 0.382 e. The molecule has 0 saturated heterocycles. The van der Waals surface area contributed by atoms with Crippen LogP contribution in [0.25, 0.3) is 0 Å². The molecular weight excluding hydrogens is 232 g/mol. The molecule has 17 heavy (non-hydrogen) atoms. The molecule has 1 heterocycles. The van der Waals surface area contributed by atoms with Gasteiger partial charge in [-0.3, -0.25) is 0 Å². The van der Waals surface area contributed by atoms with E-state index in [0.717, 1.165) is 0 Å². The van der Waals surface area contributed by atoms with Crippen molar-refractivity contribution in [3.8, 4) is 0 Å². The van der Waals surface area contributed by atoms with Crippen LogP contribution < -0.4 is 11.1 Å². The second-order valence-corrected chi connectivity index (χ2v) is 3.22. The summed E-state index contributed by atoms with van der Waals surface area (Å²) in [4.78, 5) is 3.54. The van der Waals surface area contributed by atoms with Crippen molar-refractivity contribution >= 4 is 11.6 Å². The maximum Gasteiger partial charge on any atom is 0.168 e. The van der Waals surface area contributed by atoms with Crippen molar-refractivity contribution in [2.75, 3.05) is 44.5 Å². The van der Waals surface area contributed by atoms with Crippen LogP contribution in [0.5, 0.6) is 0 Å². The Kier molecular flexibility index (Phi) is 5.58. The summed E-state index contributed by atoms with van der Waals surface area (Å²) in [6.07, 6.45) is 0. The number of nitrogens with zero attached hydrogens (tertiary/aromatic N) is 1. The fourth-order valence-corrected chi connectivity index (χ4v) is 1.09. The number of halogens is 2. The molecule has 0 fully saturated rings. The number of hydrogen-bond acceptors (Lipinski definition) is 5. The molecule has 0 bridgehead atoms. The van der Waals surface area contributed by atoms with Crippen LogP contribution in [0.2, 0.25) is 0 Å². The van der Waals surface area contributed by atoms with Crippen LogP contribution in [-0.4, -0.2) is 38.5 Å². The second kappa shape index (κ2) is 6.97. The molecule has 7 heteroatoms. The van der Waals surface area contributed by atoms with Gasteiger partial charge in [0.15, 0.2) is 23.3 Å². The monoisotopic (exact) mass is 247 g/mol. The Morgan fingerprint density at radius 2 is 2.06 bits per heavy atom. The number of methoxy groups -OCH3 is 1. The molecule has 0 aromatic carbocycles. The minimum Gasteiger partial charge on any atom is -0.382 e. The highest BCUT2D eigenvalue weighted by Gasteiger charge is 2.08. The predicted molar refractivity (Wildman–Crippen MR) is 59.8 cm³/mol. The molecule has 1 aromatic heterocycles. The normalized spacial score (nSPS) is 10.5. The van der Waals surface area contributed by atoms with E-state index in [1.165, 1.54) is 0 Å². The van der Waals surface area contributed by atoms with Gasteiger partial charge in [0.25, 0.3) is 0 Å². The van der Waals surface area contributed by atoms with Crippen molar-refractivity contribution in [2.24, 2.45) is 0 Å². The summed E-state index contributed by atoms with van der Waals surface area (Å²) < 4.78 is 35.9. The summed E-state index contributed by atoms with van der Waals surface area (Å²) in [6, 6.07) is 0.691. The summed E-state index contributed by atoms with van der Waals surface area (Å²) in [5.74, 6) is -2.08. The summed E-state index contributed by atoms with van der Waals surface area (Å²) in [5.41, 5.74) is 5.22. The summed E-state index contributed by atoms with van der Waals surface area (Å²) >= 11 is 0. The van der Waals surface area contributed by atoms with Gasteiger partial charge in [0, 0.05) is 19.7 Å². The van der Waals surface area contributed by atoms with E-state index in [1.807, 2.05) is 0 Å². The van der Waals surface area contributed by atoms with Gasteiger partial charge in [-0.05, 0) is 0 Å². The average molecular weight is 247 g/mol. The van der Waals surface area contributed by atoms with Crippen LogP contribution in [-0.2, 0) is 9.47 Å². The van der Waals surface area contributed by atoms with Crippen molar-refractivity contribution in [2.45, 2.75) is 0 Å². The quantitative estimate of drug-likeness (QED) is 0.704. The average Bonchev–Trinajstić information content (AvgIpc) is 2.30. The number of ether oxygens (including phenoxy) is 2. The minimum atomic E-state index is -0.871. The van der Waals surface area contributed by atoms with Crippen LogP contribution in [0, 0.1) is 11.6 Å². The van der Waals surface area contributed by atoms with Gasteiger partial charge in [-0.25, -0.2) is 13.8 Å². The number of rotatable bonds is 7. The Balaban J connectivity index is 2.34. The second-order valence-electron chi connectivity index (χ2n) is 3.22. The molecule has 0 aliphatic heterocycles. The first kappa shape index (κ1) is 13.6. The first-order valence-electron chi connectivity index (χ1n) is 5.07. The number of aromatic nitrogens is 1. The van der Waals surface area contributed by atoms with E-state index in [9.17, 15) is 8.78 Å². The van der Waals surface area contributed by atoms with Crippen molar-refractivity contribution < 1.29 is 18.3 Å². The predicted octanol–water partition coefficient (Wildman–Crippen LogP) is 1.02. The zero-order valence-electron chi connectivity index (χ0n) is 9.50. The van der Waals surface area contributed by atoms with Crippen molar-refractivity contribution in [1.29, 1.82) is 0 Å². The molecule has 3 N–H and O–H groups in total. The van der Waals surface area contributed by atoms with Crippen molar-refractivity contribution in [1.82, 2.24) is 4.98 Å². The van der Waals surface area contributed by atoms with E-state index in [4.69, 9.17) is 15.2 Å². The first-order chi connectivity index (χ1) is 8.15. The molecule has 0 atom stereocenters. The summed E-state index contributed by atoms with van der Waals surface area (Å²) in [7, 11) is 1.57. The van der Waals surface area contributed by atoms with Gasteiger partial charge in [-0.15, -0.1) is 0 Å². The van der Waals surface area contributed by atoms with Crippen LogP contribution in [0.15, 0.2) is 6.07 Å². The lowest BCUT2D eigenvalue weighted by Gasteiger charge is -2.08. The van der Waals surface area contributed by atoms with Crippen LogP contribution >= 0.6 is 0 Å². The Labute approximate surface area is 97.9 Å². The lowest BCUT2D eigenvalue weighted by Crippen LogP contribution is -2.14. The van der Waals surface area contributed by atoms with Gasteiger partial charge < -0.3 is 20.5 Å². The Hall–Kier alpha value is -1.47. The molecule has 0 unspecified atom stereocenters.